The van der Waals surface area contributed by atoms with Gasteiger partial charge in [0.1, 0.15) is 54.6 Å². The van der Waals surface area contributed by atoms with Gasteiger partial charge in [0.2, 0.25) is 11.7 Å². The van der Waals surface area contributed by atoms with Gasteiger partial charge in [-0.3, -0.25) is 51.4 Å². The highest BCUT2D eigenvalue weighted by atomic mass is 31.3. The zero-order valence-corrected chi connectivity index (χ0v) is 41.5. The van der Waals surface area contributed by atoms with Crippen LogP contribution >= 0.6 is 31.3 Å². The van der Waals surface area contributed by atoms with Crippen molar-refractivity contribution in [2.75, 3.05) is 45.0 Å². The van der Waals surface area contributed by atoms with Crippen LogP contribution in [0.5, 0.6) is 0 Å². The van der Waals surface area contributed by atoms with Gasteiger partial charge in [0.05, 0.1) is 39.3 Å². The van der Waals surface area contributed by atoms with Crippen LogP contribution in [0.2, 0.25) is 0 Å². The van der Waals surface area contributed by atoms with Gasteiger partial charge in [-0.25, -0.2) is 42.6 Å². The molecule has 8 heterocycles. The number of ether oxygens (including phenoxy) is 4. The monoisotopic (exact) mass is 1140 g/mol. The molecule has 14 N–H and O–H groups in total. The van der Waals surface area contributed by atoms with E-state index >= 15 is 0 Å². The number of imidazole rings is 2. The first-order chi connectivity index (χ1) is 34.7. The predicted octanol–water partition coefficient (Wildman–Crippen LogP) is -4.24. The molecule has 16 atom stereocenters. The SMILES string of the molecule is CO[C@@H]1[C@H](OP(=O)(O)OC[C@H]2O[C@@H](n3ccc(=O)[nH]c3=O)[C@H](O)[C@@H]2O)C(COP(=O)(O)OP(=O)(O)OP(=O)(O)OC[C@H]2O[C@@H]([n+]3cn(C)c4c(=O)[nH]c(N)nc43)[C@H](O)[C@@H]2CCO)O[C@H]1n1cnc2c(N)ncnc21. The summed E-state index contributed by atoms with van der Waals surface area (Å²) < 4.78 is 109. The number of anilines is 2. The number of aryl methyl sites for hydroxylation is 1. The molecule has 5 aromatic heterocycles. The Labute approximate surface area is 411 Å². The Kier molecular flexibility index (Phi) is 16.1. The molecular weight excluding hydrogens is 1090 g/mol. The summed E-state index contributed by atoms with van der Waals surface area (Å²) >= 11 is 0. The number of phosphoric ester groups is 3. The topological polar surface area (TPSA) is 527 Å². The van der Waals surface area contributed by atoms with Crippen molar-refractivity contribution in [3.8, 4) is 0 Å². The number of aliphatic hydroxyl groups is 4. The molecule has 8 rings (SSSR count). The number of rotatable bonds is 21. The lowest BCUT2D eigenvalue weighted by atomic mass is 9.95. The van der Waals surface area contributed by atoms with Gasteiger partial charge in [0.15, 0.2) is 30.2 Å². The number of nitrogens with one attached hydrogen (secondary N) is 2. The maximum absolute atomic E-state index is 13.6. The second-order valence-corrected chi connectivity index (χ2v) is 22.4. The highest BCUT2D eigenvalue weighted by Crippen LogP contribution is 2.68. The van der Waals surface area contributed by atoms with Crippen molar-refractivity contribution >= 4 is 65.4 Å². The van der Waals surface area contributed by atoms with Crippen LogP contribution in [0.1, 0.15) is 25.1 Å². The van der Waals surface area contributed by atoms with E-state index in [4.69, 9.17) is 48.5 Å². The number of hydrogen-bond donors (Lipinski definition) is 12. The minimum absolute atomic E-state index is 0.00406. The van der Waals surface area contributed by atoms with Crippen molar-refractivity contribution in [3.63, 3.8) is 0 Å². The van der Waals surface area contributed by atoms with E-state index < -0.39 is 148 Å². The highest BCUT2D eigenvalue weighted by Gasteiger charge is 2.54. The number of aromatic amines is 2. The van der Waals surface area contributed by atoms with Crippen LogP contribution in [-0.4, -0.2) is 166 Å². The normalized spacial score (nSPS) is 30.6. The van der Waals surface area contributed by atoms with Gasteiger partial charge < -0.3 is 70.4 Å². The van der Waals surface area contributed by atoms with Gasteiger partial charge in [0, 0.05) is 31.9 Å². The van der Waals surface area contributed by atoms with Crippen molar-refractivity contribution in [1.82, 2.24) is 43.6 Å². The molecule has 37 nitrogen and oxygen atoms in total. The van der Waals surface area contributed by atoms with Crippen LogP contribution in [0.4, 0.5) is 11.8 Å². The van der Waals surface area contributed by atoms with Crippen LogP contribution in [0, 0.1) is 5.92 Å². The number of H-pyrrole nitrogens is 2. The average molecular weight is 1140 g/mol. The van der Waals surface area contributed by atoms with Crippen LogP contribution in [0.15, 0.2) is 45.6 Å². The third-order valence-electron chi connectivity index (χ3n) is 11.6. The van der Waals surface area contributed by atoms with Gasteiger partial charge in [-0.1, -0.05) is 4.98 Å². The standard InChI is InChI=1S/C33H46N12O25P4/c1-42-12-45(27-19(42)28(51)41-32(35)40-27)29-20(48)13(4-6-46)14(65-29)7-63-72(55,56)69-74(59,60)70-73(57,58)64-9-16-23(24(61-2)31(67-16)44-11-38-18-25(34)36-10-37-26(18)44)68-71(53,54)62-8-15-21(49)22(50)30(66-15)43-5-3-17(47)39-33(43)52/h3,5,10-16,20-24,29-31,46,48-50H,4,6-9H2,1-2H3,(H9-,34,35,36,37,39,40,41,47,51,52,53,54,55,56,57,58,59,60)/p+1/t13-,14-,15-,16?,20-,21-,22-,23-,24-,29-,30-,31-/m1/s1. The molecule has 41 heteroatoms. The molecule has 0 radical (unpaired) electrons. The Morgan fingerprint density at radius 1 is 0.784 bits per heavy atom. The first kappa shape index (κ1) is 55.6. The lowest BCUT2D eigenvalue weighted by molar-refractivity contribution is -0.745. The molecule has 0 spiro atoms. The Morgan fingerprint density at radius 2 is 1.43 bits per heavy atom. The molecule has 5 aromatic rings. The quantitative estimate of drug-likeness (QED) is 0.0245. The lowest BCUT2D eigenvalue weighted by Gasteiger charge is -2.26. The molecule has 408 valence electrons. The summed E-state index contributed by atoms with van der Waals surface area (Å²) in [5.41, 5.74) is 9.19. The summed E-state index contributed by atoms with van der Waals surface area (Å²) in [4.78, 5) is 99.3. The fraction of sp³-hybridized carbons (Fsp3) is 0.576. The summed E-state index contributed by atoms with van der Waals surface area (Å²) in [5.74, 6) is -1.44. The molecule has 74 heavy (non-hydrogen) atoms. The van der Waals surface area contributed by atoms with E-state index in [0.29, 0.717) is 0 Å². The summed E-state index contributed by atoms with van der Waals surface area (Å²) in [6.07, 6.45) is -13.7. The molecule has 0 aromatic carbocycles. The fourth-order valence-electron chi connectivity index (χ4n) is 8.38. The lowest BCUT2D eigenvalue weighted by Crippen LogP contribution is -2.45. The number of aliphatic hydroxyl groups excluding tert-OH is 4. The summed E-state index contributed by atoms with van der Waals surface area (Å²) in [6.45, 7) is -3.82. The van der Waals surface area contributed by atoms with Crippen LogP contribution in [0.3, 0.4) is 0 Å². The minimum Gasteiger partial charge on any atom is -0.396 e. The number of fused-ring (bicyclic) bond motifs is 2. The third-order valence-corrected chi connectivity index (χ3v) is 16.8. The van der Waals surface area contributed by atoms with E-state index in [1.807, 2.05) is 4.98 Å². The fourth-order valence-corrected chi connectivity index (χ4v) is 12.9. The van der Waals surface area contributed by atoms with Crippen molar-refractivity contribution < 1.29 is 108 Å². The molecule has 5 unspecified atom stereocenters. The van der Waals surface area contributed by atoms with E-state index in [9.17, 15) is 72.6 Å². The second kappa shape index (κ2) is 21.4. The van der Waals surface area contributed by atoms with E-state index in [2.05, 4.69) is 33.5 Å². The van der Waals surface area contributed by atoms with E-state index in [0.717, 1.165) is 36.6 Å². The predicted molar refractivity (Wildman–Crippen MR) is 237 cm³/mol. The Balaban J connectivity index is 0.939. The molecule has 0 aliphatic carbocycles. The van der Waals surface area contributed by atoms with Crippen molar-refractivity contribution in [3.05, 3.63) is 62.4 Å². The number of nitrogen functional groups attached to an aromatic ring is 2. The van der Waals surface area contributed by atoms with E-state index in [1.54, 1.807) is 0 Å². The number of phosphoric acid groups is 4. The summed E-state index contributed by atoms with van der Waals surface area (Å²) in [6, 6.07) is 0.923. The van der Waals surface area contributed by atoms with Crippen molar-refractivity contribution in [1.29, 1.82) is 0 Å². The molecule has 0 amide bonds. The molecular formula is C33H47N12O25P4+. The van der Waals surface area contributed by atoms with Gasteiger partial charge in [-0.2, -0.15) is 8.62 Å². The number of nitrogens with zero attached hydrogens (tertiary/aromatic N) is 8. The maximum atomic E-state index is 13.6. The minimum atomic E-state index is -6.19. The first-order valence-electron chi connectivity index (χ1n) is 21.2. The molecule has 3 saturated heterocycles. The maximum Gasteiger partial charge on any atom is 0.490 e. The first-order valence-corrected chi connectivity index (χ1v) is 27.2. The molecule has 3 aliphatic heterocycles. The molecule has 3 fully saturated rings. The highest BCUT2D eigenvalue weighted by molar-refractivity contribution is 7.66. The summed E-state index contributed by atoms with van der Waals surface area (Å²) in [7, 11) is -20.9. The Hall–Kier alpha value is -4.62. The van der Waals surface area contributed by atoms with Gasteiger partial charge >= 0.3 is 42.6 Å². The molecule has 0 saturated carbocycles. The molecule has 3 aliphatic rings. The number of methoxy groups -OCH3 is 1. The third kappa shape index (κ3) is 11.7. The Bertz CT molecular complexity index is 3260. The number of hydrogen-bond acceptors (Lipinski definition) is 27. The summed E-state index contributed by atoms with van der Waals surface area (Å²) in [5, 5.41) is 42.2. The van der Waals surface area contributed by atoms with Crippen molar-refractivity contribution in [2.45, 2.75) is 73.9 Å². The van der Waals surface area contributed by atoms with E-state index in [1.165, 1.54) is 27.1 Å². The zero-order chi connectivity index (χ0) is 53.8. The smallest absolute Gasteiger partial charge is 0.396 e. The van der Waals surface area contributed by atoms with Crippen LogP contribution in [0.25, 0.3) is 22.3 Å². The van der Waals surface area contributed by atoms with Gasteiger partial charge in [-0.05, 0) is 6.42 Å². The van der Waals surface area contributed by atoms with Gasteiger partial charge in [0.25, 0.3) is 17.1 Å². The largest absolute Gasteiger partial charge is 0.490 e. The van der Waals surface area contributed by atoms with Crippen molar-refractivity contribution in [2.24, 2.45) is 13.0 Å². The number of aromatic nitrogens is 10. The van der Waals surface area contributed by atoms with Crippen LogP contribution < -0.4 is 32.8 Å². The second-order valence-electron chi connectivity index (χ2n) is 16.4. The number of nitrogens with two attached hydrogens (primary N) is 2. The average Bonchev–Trinajstić information content (AvgIpc) is 4.10. The van der Waals surface area contributed by atoms with Gasteiger partial charge in [-0.15, -0.1) is 0 Å². The molecule has 0 bridgehead atoms. The van der Waals surface area contributed by atoms with E-state index in [-0.39, 0.29) is 40.5 Å². The zero-order valence-electron chi connectivity index (χ0n) is 37.9. The Morgan fingerprint density at radius 3 is 2.09 bits per heavy atom. The van der Waals surface area contributed by atoms with Crippen LogP contribution in [-0.2, 0) is 71.0 Å².